The quantitative estimate of drug-likeness (QED) is 0.871. The van der Waals surface area contributed by atoms with E-state index in [4.69, 9.17) is 5.11 Å². The minimum atomic E-state index is -4.38. The van der Waals surface area contributed by atoms with Crippen molar-refractivity contribution < 1.29 is 23.1 Å². The minimum Gasteiger partial charge on any atom is -0.481 e. The zero-order valence-electron chi connectivity index (χ0n) is 9.40. The number of alkyl halides is 3. The smallest absolute Gasteiger partial charge is 0.416 e. The number of hydrogen-bond acceptors (Lipinski definition) is 4. The third kappa shape index (κ3) is 3.60. The lowest BCUT2D eigenvalue weighted by atomic mass is 10.2. The van der Waals surface area contributed by atoms with Crippen LogP contribution < -0.4 is 0 Å². The molecule has 1 aromatic heterocycles. The largest absolute Gasteiger partial charge is 0.481 e. The Hall–Kier alpha value is -1.28. The molecule has 0 unspecified atom stereocenters. The number of fused-ring (bicyclic) bond motifs is 1. The average molecular weight is 307 g/mol. The van der Waals surface area contributed by atoms with Gasteiger partial charge in [-0.05, 0) is 18.2 Å². The summed E-state index contributed by atoms with van der Waals surface area (Å²) in [5.74, 6) is -0.561. The van der Waals surface area contributed by atoms with Gasteiger partial charge in [0.15, 0.2) is 4.34 Å². The first-order chi connectivity index (χ1) is 8.86. The fourth-order valence-corrected chi connectivity index (χ4v) is 3.42. The van der Waals surface area contributed by atoms with E-state index in [0.29, 0.717) is 14.8 Å². The molecule has 0 amide bonds. The predicted molar refractivity (Wildman–Crippen MR) is 67.6 cm³/mol. The maximum Gasteiger partial charge on any atom is 0.416 e. The lowest BCUT2D eigenvalue weighted by Crippen LogP contribution is -2.03. The van der Waals surface area contributed by atoms with Gasteiger partial charge in [0.05, 0.1) is 22.2 Å². The summed E-state index contributed by atoms with van der Waals surface area (Å²) in [6.07, 6.45) is -4.39. The van der Waals surface area contributed by atoms with E-state index in [1.807, 2.05) is 0 Å². The molecular formula is C11H8F3NO2S2. The van der Waals surface area contributed by atoms with Gasteiger partial charge in [-0.15, -0.1) is 11.3 Å². The molecule has 0 fully saturated rings. The van der Waals surface area contributed by atoms with E-state index in [1.54, 1.807) is 0 Å². The summed E-state index contributed by atoms with van der Waals surface area (Å²) in [4.78, 5) is 14.4. The molecule has 0 atom stereocenters. The molecule has 0 aliphatic heterocycles. The van der Waals surface area contributed by atoms with Crippen LogP contribution in [0.2, 0.25) is 0 Å². The predicted octanol–water partition coefficient (Wildman–Crippen LogP) is 3.88. The topological polar surface area (TPSA) is 50.2 Å². The highest BCUT2D eigenvalue weighted by atomic mass is 32.2. The van der Waals surface area contributed by atoms with E-state index in [0.717, 1.165) is 12.1 Å². The molecule has 1 aromatic carbocycles. The molecule has 0 saturated heterocycles. The van der Waals surface area contributed by atoms with Crippen molar-refractivity contribution >= 4 is 39.3 Å². The summed E-state index contributed by atoms with van der Waals surface area (Å²) >= 11 is 2.49. The molecule has 3 nitrogen and oxygen atoms in total. The number of thiazole rings is 1. The van der Waals surface area contributed by atoms with Crippen LogP contribution >= 0.6 is 23.1 Å². The molecule has 102 valence electrons. The van der Waals surface area contributed by atoms with Gasteiger partial charge in [-0.25, -0.2) is 4.98 Å². The van der Waals surface area contributed by atoms with E-state index in [2.05, 4.69) is 4.98 Å². The number of carbonyl (C=O) groups is 1. The lowest BCUT2D eigenvalue weighted by Gasteiger charge is -2.04. The number of rotatable bonds is 4. The van der Waals surface area contributed by atoms with Crippen LogP contribution in [-0.4, -0.2) is 21.8 Å². The second-order valence-corrected chi connectivity index (χ2v) is 6.02. The standard InChI is InChI=1S/C11H8F3NO2S2/c12-11(13,14)6-1-2-8-7(5-6)15-10(19-8)18-4-3-9(16)17/h1-2,5H,3-4H2,(H,16,17). The first kappa shape index (κ1) is 14.1. The highest BCUT2D eigenvalue weighted by Gasteiger charge is 2.30. The van der Waals surface area contributed by atoms with Gasteiger partial charge >= 0.3 is 12.1 Å². The SMILES string of the molecule is O=C(O)CCSc1nc2cc(C(F)(F)F)ccc2s1. The van der Waals surface area contributed by atoms with E-state index in [-0.39, 0.29) is 11.9 Å². The normalized spacial score (nSPS) is 11.9. The third-order valence-corrected chi connectivity index (χ3v) is 4.42. The molecule has 0 spiro atoms. The van der Waals surface area contributed by atoms with Crippen LogP contribution in [0.5, 0.6) is 0 Å². The molecule has 0 radical (unpaired) electrons. The average Bonchev–Trinajstić information content (AvgIpc) is 2.68. The Morgan fingerprint density at radius 1 is 1.42 bits per heavy atom. The number of benzene rings is 1. The maximum absolute atomic E-state index is 12.5. The number of nitrogens with zero attached hydrogens (tertiary/aromatic N) is 1. The fraction of sp³-hybridized carbons (Fsp3) is 0.273. The number of halogens is 3. The summed E-state index contributed by atoms with van der Waals surface area (Å²) in [7, 11) is 0. The van der Waals surface area contributed by atoms with E-state index < -0.39 is 17.7 Å². The summed E-state index contributed by atoms with van der Waals surface area (Å²) in [5, 5.41) is 8.50. The van der Waals surface area contributed by atoms with Crippen molar-refractivity contribution in [1.82, 2.24) is 4.98 Å². The Morgan fingerprint density at radius 3 is 2.79 bits per heavy atom. The van der Waals surface area contributed by atoms with Crippen LogP contribution in [-0.2, 0) is 11.0 Å². The van der Waals surface area contributed by atoms with Crippen molar-refractivity contribution in [2.45, 2.75) is 16.9 Å². The summed E-state index contributed by atoms with van der Waals surface area (Å²) < 4.78 is 38.8. The lowest BCUT2D eigenvalue weighted by molar-refractivity contribution is -0.138. The van der Waals surface area contributed by atoms with Gasteiger partial charge in [-0.1, -0.05) is 11.8 Å². The van der Waals surface area contributed by atoms with Crippen LogP contribution in [0.3, 0.4) is 0 Å². The van der Waals surface area contributed by atoms with Crippen molar-refractivity contribution in [2.75, 3.05) is 5.75 Å². The van der Waals surface area contributed by atoms with Crippen LogP contribution in [0.25, 0.3) is 10.2 Å². The molecule has 1 heterocycles. The van der Waals surface area contributed by atoms with Gasteiger partial charge in [0.25, 0.3) is 0 Å². The second-order valence-electron chi connectivity index (χ2n) is 3.65. The molecule has 2 rings (SSSR count). The first-order valence-electron chi connectivity index (χ1n) is 5.18. The van der Waals surface area contributed by atoms with Crippen LogP contribution in [0, 0.1) is 0 Å². The molecule has 0 saturated carbocycles. The van der Waals surface area contributed by atoms with Gasteiger partial charge in [0.1, 0.15) is 0 Å². The molecule has 1 N–H and O–H groups in total. The second kappa shape index (κ2) is 5.38. The van der Waals surface area contributed by atoms with Crippen LogP contribution in [0.4, 0.5) is 13.2 Å². The Morgan fingerprint density at radius 2 is 2.16 bits per heavy atom. The zero-order chi connectivity index (χ0) is 14.0. The van der Waals surface area contributed by atoms with Crippen molar-refractivity contribution in [2.24, 2.45) is 0 Å². The summed E-state index contributed by atoms with van der Waals surface area (Å²) in [6.45, 7) is 0. The van der Waals surface area contributed by atoms with E-state index >= 15 is 0 Å². The molecule has 0 aliphatic rings. The van der Waals surface area contributed by atoms with Crippen molar-refractivity contribution in [3.8, 4) is 0 Å². The molecule has 8 heteroatoms. The molecular weight excluding hydrogens is 299 g/mol. The summed E-state index contributed by atoms with van der Waals surface area (Å²) in [5.41, 5.74) is -0.440. The fourth-order valence-electron chi connectivity index (χ4n) is 1.37. The van der Waals surface area contributed by atoms with Gasteiger partial charge in [0, 0.05) is 5.75 Å². The number of carboxylic acid groups (broad SMARTS) is 1. The number of aromatic nitrogens is 1. The third-order valence-electron chi connectivity index (χ3n) is 2.24. The Labute approximate surface area is 114 Å². The minimum absolute atomic E-state index is 0.00556. The van der Waals surface area contributed by atoms with Crippen molar-refractivity contribution in [1.29, 1.82) is 0 Å². The van der Waals surface area contributed by atoms with E-state index in [9.17, 15) is 18.0 Å². The van der Waals surface area contributed by atoms with Crippen molar-refractivity contribution in [3.05, 3.63) is 23.8 Å². The number of aliphatic carboxylic acids is 1. The zero-order valence-corrected chi connectivity index (χ0v) is 11.0. The Balaban J connectivity index is 2.18. The Bertz CT molecular complexity index is 609. The first-order valence-corrected chi connectivity index (χ1v) is 6.99. The molecule has 19 heavy (non-hydrogen) atoms. The molecule has 0 aliphatic carbocycles. The number of hydrogen-bond donors (Lipinski definition) is 1. The van der Waals surface area contributed by atoms with Crippen LogP contribution in [0.15, 0.2) is 22.5 Å². The highest BCUT2D eigenvalue weighted by Crippen LogP contribution is 2.35. The van der Waals surface area contributed by atoms with Gasteiger partial charge in [-0.2, -0.15) is 13.2 Å². The molecule has 2 aromatic rings. The Kier molecular flexibility index (Phi) is 4.00. The molecule has 0 bridgehead atoms. The summed E-state index contributed by atoms with van der Waals surface area (Å²) in [6, 6.07) is 3.41. The monoisotopic (exact) mass is 307 g/mol. The maximum atomic E-state index is 12.5. The number of carboxylic acids is 1. The van der Waals surface area contributed by atoms with Gasteiger partial charge < -0.3 is 5.11 Å². The number of thioether (sulfide) groups is 1. The highest BCUT2D eigenvalue weighted by molar-refractivity contribution is 8.01. The van der Waals surface area contributed by atoms with Gasteiger partial charge in [0.2, 0.25) is 0 Å². The van der Waals surface area contributed by atoms with E-state index in [1.165, 1.54) is 29.2 Å². The van der Waals surface area contributed by atoms with Crippen molar-refractivity contribution in [3.63, 3.8) is 0 Å². The van der Waals surface area contributed by atoms with Gasteiger partial charge in [-0.3, -0.25) is 4.79 Å². The van der Waals surface area contributed by atoms with Crippen LogP contribution in [0.1, 0.15) is 12.0 Å².